The van der Waals surface area contributed by atoms with Crippen LogP contribution in [0, 0.1) is 17.3 Å². The average molecular weight is 165 g/mol. The molecule has 0 saturated heterocycles. The van der Waals surface area contributed by atoms with Gasteiger partial charge in [-0.2, -0.15) is 0 Å². The average Bonchev–Trinajstić information content (AvgIpc) is 2.02. The third-order valence-electron chi connectivity index (χ3n) is 3.67. The smallest absolute Gasteiger partial charge is 0.0831 e. The third kappa shape index (κ3) is 0.728. The lowest BCUT2D eigenvalue weighted by Gasteiger charge is -2.55. The fourth-order valence-corrected chi connectivity index (χ4v) is 2.73. The van der Waals surface area contributed by atoms with Crippen molar-refractivity contribution in [2.75, 3.05) is 0 Å². The summed E-state index contributed by atoms with van der Waals surface area (Å²) in [6.45, 7) is 6.65. The highest BCUT2D eigenvalue weighted by Gasteiger charge is 2.53. The molecule has 0 unspecified atom stereocenters. The first kappa shape index (κ1) is 7.84. The molecular weight excluding hydrogens is 150 g/mol. The molecule has 0 amide bonds. The van der Waals surface area contributed by atoms with Crippen LogP contribution in [0.1, 0.15) is 27.2 Å². The summed E-state index contributed by atoms with van der Waals surface area (Å²) in [6, 6.07) is 0. The van der Waals surface area contributed by atoms with Crippen molar-refractivity contribution < 1.29 is 5.21 Å². The lowest BCUT2D eigenvalue weighted by molar-refractivity contribution is 0.0446. The third-order valence-corrected chi connectivity index (χ3v) is 3.67. The van der Waals surface area contributed by atoms with Crippen molar-refractivity contribution in [3.63, 3.8) is 0 Å². The highest BCUT2D eigenvalue weighted by Crippen LogP contribution is 2.57. The fraction of sp³-hybridized carbons (Fsp3) is 0.700. The number of allylic oxidation sites excluding steroid dienone is 2. The van der Waals surface area contributed by atoms with E-state index in [0.717, 1.165) is 5.71 Å². The molecule has 1 fully saturated rings. The van der Waals surface area contributed by atoms with Gasteiger partial charge in [-0.3, -0.25) is 0 Å². The molecule has 0 aromatic carbocycles. The zero-order chi connectivity index (χ0) is 8.93. The van der Waals surface area contributed by atoms with E-state index in [-0.39, 0.29) is 0 Å². The second-order valence-electron chi connectivity index (χ2n) is 4.58. The van der Waals surface area contributed by atoms with E-state index in [1.165, 1.54) is 12.0 Å². The molecule has 3 aliphatic rings. The van der Waals surface area contributed by atoms with Crippen LogP contribution in [0.4, 0.5) is 0 Å². The van der Waals surface area contributed by atoms with Crippen molar-refractivity contribution in [2.45, 2.75) is 27.2 Å². The summed E-state index contributed by atoms with van der Waals surface area (Å²) in [4.78, 5) is 0. The Morgan fingerprint density at radius 1 is 1.50 bits per heavy atom. The minimum absolute atomic E-state index is 0.320. The maximum Gasteiger partial charge on any atom is 0.0831 e. The van der Waals surface area contributed by atoms with E-state index in [1.54, 1.807) is 0 Å². The molecule has 1 N–H and O–H groups in total. The standard InChI is InChI=1S/C10H15NO/c1-6-4-9(11-12)8-5-7(6)10(8,2)3/h4,7-8,12H,5H2,1-3H3/b11-9-/t7-,8+/m1/s1. The fourth-order valence-electron chi connectivity index (χ4n) is 2.73. The van der Waals surface area contributed by atoms with E-state index in [4.69, 9.17) is 5.21 Å². The summed E-state index contributed by atoms with van der Waals surface area (Å²) in [5.74, 6) is 1.20. The van der Waals surface area contributed by atoms with Gasteiger partial charge < -0.3 is 5.21 Å². The molecule has 2 nitrogen and oxygen atoms in total. The van der Waals surface area contributed by atoms with Gasteiger partial charge in [-0.15, -0.1) is 0 Å². The Morgan fingerprint density at radius 3 is 2.58 bits per heavy atom. The molecule has 3 aliphatic carbocycles. The van der Waals surface area contributed by atoms with Gasteiger partial charge in [0, 0.05) is 5.92 Å². The Balaban J connectivity index is 2.42. The maximum absolute atomic E-state index is 8.78. The number of rotatable bonds is 0. The summed E-state index contributed by atoms with van der Waals surface area (Å²) in [5, 5.41) is 12.1. The number of fused-ring (bicyclic) bond motifs is 1. The van der Waals surface area contributed by atoms with Crippen LogP contribution < -0.4 is 0 Å². The van der Waals surface area contributed by atoms with Gasteiger partial charge in [0.2, 0.25) is 0 Å². The van der Waals surface area contributed by atoms with Gasteiger partial charge in [-0.05, 0) is 30.8 Å². The first-order valence-electron chi connectivity index (χ1n) is 4.47. The first-order chi connectivity index (χ1) is 5.57. The number of nitrogens with zero attached hydrogens (tertiary/aromatic N) is 1. The molecule has 2 heteroatoms. The monoisotopic (exact) mass is 165 g/mol. The molecule has 66 valence electrons. The molecule has 0 aromatic heterocycles. The predicted molar refractivity (Wildman–Crippen MR) is 48.4 cm³/mol. The van der Waals surface area contributed by atoms with E-state index < -0.39 is 0 Å². The van der Waals surface area contributed by atoms with Crippen LogP contribution in [0.2, 0.25) is 0 Å². The van der Waals surface area contributed by atoms with Crippen LogP contribution in [0.3, 0.4) is 0 Å². The van der Waals surface area contributed by atoms with Gasteiger partial charge in [-0.25, -0.2) is 0 Å². The first-order valence-corrected chi connectivity index (χ1v) is 4.47. The number of hydrogen-bond donors (Lipinski definition) is 1. The summed E-state index contributed by atoms with van der Waals surface area (Å²) < 4.78 is 0. The van der Waals surface area contributed by atoms with Crippen LogP contribution in [-0.4, -0.2) is 10.9 Å². The lowest BCUT2D eigenvalue weighted by atomic mass is 9.48. The second kappa shape index (κ2) is 2.12. The minimum atomic E-state index is 0.320. The van der Waals surface area contributed by atoms with Crippen LogP contribution in [-0.2, 0) is 0 Å². The number of hydrogen-bond acceptors (Lipinski definition) is 2. The summed E-state index contributed by atoms with van der Waals surface area (Å²) >= 11 is 0. The molecule has 2 bridgehead atoms. The second-order valence-corrected chi connectivity index (χ2v) is 4.58. The zero-order valence-corrected chi connectivity index (χ0v) is 7.83. The predicted octanol–water partition coefficient (Wildman–Crippen LogP) is 2.44. The molecular formula is C10H15NO. The normalized spacial score (nSPS) is 40.6. The van der Waals surface area contributed by atoms with Gasteiger partial charge in [0.25, 0.3) is 0 Å². The van der Waals surface area contributed by atoms with E-state index in [2.05, 4.69) is 25.9 Å². The highest BCUT2D eigenvalue weighted by molar-refractivity contribution is 6.00. The Morgan fingerprint density at radius 2 is 2.17 bits per heavy atom. The molecule has 2 atom stereocenters. The quantitative estimate of drug-likeness (QED) is 0.434. The largest absolute Gasteiger partial charge is 0.411 e. The van der Waals surface area contributed by atoms with Crippen LogP contribution in [0.25, 0.3) is 0 Å². The SMILES string of the molecule is CC1=C/C(=N/O)[C@@H]2C[C@H]1C2(C)C. The summed E-state index contributed by atoms with van der Waals surface area (Å²) in [6.07, 6.45) is 3.21. The van der Waals surface area contributed by atoms with Gasteiger partial charge >= 0.3 is 0 Å². The Kier molecular flexibility index (Phi) is 1.39. The Labute approximate surface area is 73.0 Å². The van der Waals surface area contributed by atoms with Crippen molar-refractivity contribution in [3.05, 3.63) is 11.6 Å². The molecule has 0 spiro atoms. The highest BCUT2D eigenvalue weighted by atomic mass is 16.4. The summed E-state index contributed by atoms with van der Waals surface area (Å²) in [7, 11) is 0. The molecule has 1 saturated carbocycles. The zero-order valence-electron chi connectivity index (χ0n) is 7.83. The van der Waals surface area contributed by atoms with E-state index in [1.807, 2.05) is 6.08 Å². The van der Waals surface area contributed by atoms with Gasteiger partial charge in [-0.1, -0.05) is 24.6 Å². The van der Waals surface area contributed by atoms with Gasteiger partial charge in [0.15, 0.2) is 0 Å². The lowest BCUT2D eigenvalue weighted by Crippen LogP contribution is -2.52. The van der Waals surface area contributed by atoms with Crippen molar-refractivity contribution in [1.29, 1.82) is 0 Å². The molecule has 0 radical (unpaired) electrons. The van der Waals surface area contributed by atoms with Crippen LogP contribution in [0.15, 0.2) is 16.8 Å². The minimum Gasteiger partial charge on any atom is -0.411 e. The molecule has 0 aromatic rings. The van der Waals surface area contributed by atoms with Gasteiger partial charge in [0.05, 0.1) is 5.71 Å². The van der Waals surface area contributed by atoms with Crippen molar-refractivity contribution >= 4 is 5.71 Å². The maximum atomic E-state index is 8.78. The topological polar surface area (TPSA) is 32.6 Å². The molecule has 3 rings (SSSR count). The molecule has 12 heavy (non-hydrogen) atoms. The van der Waals surface area contributed by atoms with E-state index >= 15 is 0 Å². The molecule has 0 aliphatic heterocycles. The Hall–Kier alpha value is -0.790. The molecule has 0 heterocycles. The van der Waals surface area contributed by atoms with Crippen LogP contribution in [0.5, 0.6) is 0 Å². The van der Waals surface area contributed by atoms with Crippen molar-refractivity contribution in [3.8, 4) is 0 Å². The van der Waals surface area contributed by atoms with Crippen molar-refractivity contribution in [2.24, 2.45) is 22.4 Å². The summed E-state index contributed by atoms with van der Waals surface area (Å²) in [5.41, 5.74) is 2.57. The van der Waals surface area contributed by atoms with E-state index in [9.17, 15) is 0 Å². The van der Waals surface area contributed by atoms with Crippen LogP contribution >= 0.6 is 0 Å². The number of oxime groups is 1. The van der Waals surface area contributed by atoms with Crippen molar-refractivity contribution in [1.82, 2.24) is 0 Å². The van der Waals surface area contributed by atoms with Gasteiger partial charge in [0.1, 0.15) is 0 Å². The van der Waals surface area contributed by atoms with E-state index in [0.29, 0.717) is 17.3 Å². The Bertz CT molecular complexity index is 276.